The normalized spacial score (nSPS) is 29.6. The third-order valence-electron chi connectivity index (χ3n) is 2.87. The van der Waals surface area contributed by atoms with Crippen LogP contribution in [0.15, 0.2) is 23.8 Å². The minimum Gasteiger partial charge on any atom is -0.330 e. The number of allylic oxidation sites excluding steroid dienone is 3. The van der Waals surface area contributed by atoms with E-state index < -0.39 is 0 Å². The molecule has 0 aromatic rings. The van der Waals surface area contributed by atoms with Gasteiger partial charge in [0.2, 0.25) is 0 Å². The fraction of sp³-hybridized carbons (Fsp3) is 0.636. The molecule has 12 heavy (non-hydrogen) atoms. The molecular weight excluding hydrogens is 146 g/mol. The molecule has 1 aliphatic carbocycles. The molecule has 0 aromatic carbocycles. The van der Waals surface area contributed by atoms with E-state index >= 15 is 0 Å². The first kappa shape index (κ1) is 9.53. The second-order valence-corrected chi connectivity index (χ2v) is 3.63. The Morgan fingerprint density at radius 3 is 2.67 bits per heavy atom. The summed E-state index contributed by atoms with van der Waals surface area (Å²) in [5, 5.41) is 0. The van der Waals surface area contributed by atoms with E-state index in [4.69, 9.17) is 5.73 Å². The van der Waals surface area contributed by atoms with Crippen LogP contribution in [0, 0.1) is 11.8 Å². The summed E-state index contributed by atoms with van der Waals surface area (Å²) in [5.74, 6) is 1.46. The Balaban J connectivity index is 2.65. The fourth-order valence-electron chi connectivity index (χ4n) is 1.74. The molecule has 1 aliphatic rings. The quantitative estimate of drug-likeness (QED) is 0.636. The summed E-state index contributed by atoms with van der Waals surface area (Å²) in [5.41, 5.74) is 8.53. The Labute approximate surface area is 75.3 Å². The van der Waals surface area contributed by atoms with Crippen molar-refractivity contribution in [2.45, 2.75) is 26.7 Å². The first-order valence-electron chi connectivity index (χ1n) is 4.76. The first-order valence-corrected chi connectivity index (χ1v) is 4.76. The van der Waals surface area contributed by atoms with E-state index in [0.29, 0.717) is 0 Å². The predicted octanol–water partition coefficient (Wildman–Crippen LogP) is 2.49. The lowest BCUT2D eigenvalue weighted by Crippen LogP contribution is -2.03. The third-order valence-corrected chi connectivity index (χ3v) is 2.87. The smallest absolute Gasteiger partial charge is 0.00428 e. The van der Waals surface area contributed by atoms with E-state index in [-0.39, 0.29) is 0 Å². The summed E-state index contributed by atoms with van der Waals surface area (Å²) in [7, 11) is 0. The highest BCUT2D eigenvalue weighted by atomic mass is 14.6. The van der Waals surface area contributed by atoms with Crippen LogP contribution in [0.2, 0.25) is 0 Å². The van der Waals surface area contributed by atoms with Crippen LogP contribution in [0.4, 0.5) is 0 Å². The zero-order valence-electron chi connectivity index (χ0n) is 8.14. The average molecular weight is 165 g/mol. The van der Waals surface area contributed by atoms with Gasteiger partial charge in [0.15, 0.2) is 0 Å². The molecule has 0 saturated heterocycles. The number of hydrogen-bond acceptors (Lipinski definition) is 1. The summed E-state index contributed by atoms with van der Waals surface area (Å²) in [6.45, 7) is 9.08. The maximum atomic E-state index is 5.60. The molecule has 0 amide bonds. The van der Waals surface area contributed by atoms with Crippen LogP contribution < -0.4 is 5.73 Å². The highest BCUT2D eigenvalue weighted by Gasteiger charge is 2.37. The largest absolute Gasteiger partial charge is 0.330 e. The van der Waals surface area contributed by atoms with Crippen LogP contribution >= 0.6 is 0 Å². The summed E-state index contributed by atoms with van der Waals surface area (Å²) in [6, 6.07) is 0. The maximum absolute atomic E-state index is 5.60. The van der Waals surface area contributed by atoms with E-state index in [2.05, 4.69) is 20.4 Å². The molecule has 1 nitrogen and oxygen atoms in total. The van der Waals surface area contributed by atoms with Gasteiger partial charge in [-0.1, -0.05) is 25.2 Å². The van der Waals surface area contributed by atoms with Gasteiger partial charge in [-0.25, -0.2) is 0 Å². The standard InChI is InChI=1S/C11H19N/c1-4-8(3)10(5-2)11-6-9(11)7-12/h5,9,11H,2,4,6-7,12H2,1,3H3. The summed E-state index contributed by atoms with van der Waals surface area (Å²) in [4.78, 5) is 0. The topological polar surface area (TPSA) is 26.0 Å². The molecule has 0 radical (unpaired) electrons. The van der Waals surface area contributed by atoms with E-state index in [1.54, 1.807) is 0 Å². The second-order valence-electron chi connectivity index (χ2n) is 3.63. The van der Waals surface area contributed by atoms with Gasteiger partial charge in [0.25, 0.3) is 0 Å². The van der Waals surface area contributed by atoms with Gasteiger partial charge in [0.05, 0.1) is 0 Å². The zero-order valence-corrected chi connectivity index (χ0v) is 8.14. The maximum Gasteiger partial charge on any atom is -0.00428 e. The van der Waals surface area contributed by atoms with Crippen LogP contribution in [0.1, 0.15) is 26.7 Å². The Kier molecular flexibility index (Phi) is 3.10. The van der Waals surface area contributed by atoms with Crippen molar-refractivity contribution in [1.29, 1.82) is 0 Å². The van der Waals surface area contributed by atoms with E-state index in [1.165, 1.54) is 17.6 Å². The predicted molar refractivity (Wildman–Crippen MR) is 53.8 cm³/mol. The van der Waals surface area contributed by atoms with Crippen molar-refractivity contribution in [3.8, 4) is 0 Å². The fourth-order valence-corrected chi connectivity index (χ4v) is 1.74. The molecule has 2 unspecified atom stereocenters. The van der Waals surface area contributed by atoms with Crippen molar-refractivity contribution in [1.82, 2.24) is 0 Å². The lowest BCUT2D eigenvalue weighted by Gasteiger charge is -2.05. The molecule has 0 aromatic heterocycles. The molecule has 0 aliphatic heterocycles. The van der Waals surface area contributed by atoms with E-state index in [1.807, 2.05) is 6.08 Å². The van der Waals surface area contributed by atoms with Crippen molar-refractivity contribution in [3.63, 3.8) is 0 Å². The second kappa shape index (κ2) is 3.90. The van der Waals surface area contributed by atoms with Gasteiger partial charge in [-0.05, 0) is 43.7 Å². The minimum atomic E-state index is 0.729. The molecule has 2 N–H and O–H groups in total. The summed E-state index contributed by atoms with van der Waals surface area (Å²) >= 11 is 0. The van der Waals surface area contributed by atoms with Crippen molar-refractivity contribution < 1.29 is 0 Å². The Hall–Kier alpha value is -0.560. The van der Waals surface area contributed by atoms with Gasteiger partial charge < -0.3 is 5.73 Å². The van der Waals surface area contributed by atoms with Gasteiger partial charge >= 0.3 is 0 Å². The lowest BCUT2D eigenvalue weighted by atomic mass is 10.0. The molecule has 2 atom stereocenters. The van der Waals surface area contributed by atoms with Gasteiger partial charge in [-0.3, -0.25) is 0 Å². The summed E-state index contributed by atoms with van der Waals surface area (Å²) < 4.78 is 0. The molecule has 0 heterocycles. The first-order chi connectivity index (χ1) is 5.74. The van der Waals surface area contributed by atoms with E-state index in [9.17, 15) is 0 Å². The lowest BCUT2D eigenvalue weighted by molar-refractivity contribution is 0.776. The van der Waals surface area contributed by atoms with Gasteiger partial charge in [0, 0.05) is 0 Å². The molecule has 0 spiro atoms. The number of rotatable bonds is 4. The van der Waals surface area contributed by atoms with Crippen LogP contribution in [0.25, 0.3) is 0 Å². The summed E-state index contributed by atoms with van der Waals surface area (Å²) in [6.07, 6.45) is 4.42. The molecular formula is C11H19N. The highest BCUT2D eigenvalue weighted by molar-refractivity contribution is 5.30. The van der Waals surface area contributed by atoms with Crippen LogP contribution in [-0.2, 0) is 0 Å². The average Bonchev–Trinajstić information content (AvgIpc) is 2.85. The van der Waals surface area contributed by atoms with Crippen molar-refractivity contribution in [2.75, 3.05) is 6.54 Å². The zero-order chi connectivity index (χ0) is 9.14. The number of hydrogen-bond donors (Lipinski definition) is 1. The highest BCUT2D eigenvalue weighted by Crippen LogP contribution is 2.45. The molecule has 1 saturated carbocycles. The van der Waals surface area contributed by atoms with Gasteiger partial charge in [-0.15, -0.1) is 0 Å². The van der Waals surface area contributed by atoms with Crippen LogP contribution in [-0.4, -0.2) is 6.54 Å². The van der Waals surface area contributed by atoms with E-state index in [0.717, 1.165) is 24.8 Å². The molecule has 1 fully saturated rings. The monoisotopic (exact) mass is 165 g/mol. The SMILES string of the molecule is C=CC(=C(C)CC)C1CC1CN. The Morgan fingerprint density at radius 2 is 2.33 bits per heavy atom. The van der Waals surface area contributed by atoms with Crippen molar-refractivity contribution in [2.24, 2.45) is 17.6 Å². The third kappa shape index (κ3) is 1.78. The van der Waals surface area contributed by atoms with Crippen LogP contribution in [0.3, 0.4) is 0 Å². The molecule has 1 heteroatoms. The Morgan fingerprint density at radius 1 is 1.67 bits per heavy atom. The molecule has 1 rings (SSSR count). The van der Waals surface area contributed by atoms with Gasteiger partial charge in [-0.2, -0.15) is 0 Å². The minimum absolute atomic E-state index is 0.729. The molecule has 0 bridgehead atoms. The van der Waals surface area contributed by atoms with Crippen molar-refractivity contribution in [3.05, 3.63) is 23.8 Å². The van der Waals surface area contributed by atoms with Crippen LogP contribution in [0.5, 0.6) is 0 Å². The molecule has 68 valence electrons. The Bertz CT molecular complexity index is 203. The number of nitrogens with two attached hydrogens (primary N) is 1. The van der Waals surface area contributed by atoms with Gasteiger partial charge in [0.1, 0.15) is 0 Å². The van der Waals surface area contributed by atoms with Crippen molar-refractivity contribution >= 4 is 0 Å².